The number of aliphatic hydroxyl groups is 4. The molecular formula is C21H28N6O18P3+. The molecule has 27 heteroatoms. The van der Waals surface area contributed by atoms with Crippen LogP contribution in [0.5, 0.6) is 0 Å². The van der Waals surface area contributed by atoms with Crippen LogP contribution in [0, 0.1) is 0 Å². The van der Waals surface area contributed by atoms with E-state index in [4.69, 9.17) is 15.2 Å². The third kappa shape index (κ3) is 7.49. The molecule has 0 saturated carbocycles. The highest BCUT2D eigenvalue weighted by Crippen LogP contribution is 2.63. The number of nitrogens with zero attached hydrogens (tertiary/aromatic N) is 4. The summed E-state index contributed by atoms with van der Waals surface area (Å²) in [6.45, 7) is -1.16. The molecule has 0 bridgehead atoms. The lowest BCUT2D eigenvalue weighted by Gasteiger charge is -2.25. The number of rotatable bonds is 12. The van der Waals surface area contributed by atoms with Gasteiger partial charge in [0, 0.05) is 6.07 Å². The first-order valence-corrected chi connectivity index (χ1v) is 18.0. The zero-order valence-electron chi connectivity index (χ0n) is 23.7. The van der Waals surface area contributed by atoms with Crippen molar-refractivity contribution in [2.45, 2.75) is 54.9 Å². The molecule has 11 atom stereocenters. The predicted octanol–water partition coefficient (Wildman–Crippen LogP) is -3.80. The van der Waals surface area contributed by atoms with Gasteiger partial charge in [0.05, 0.1) is 19.3 Å². The average Bonchev–Trinajstić information content (AvgIpc) is 3.65. The Bertz CT molecular complexity index is 1890. The number of nitrogens with one attached hydrogen (secondary N) is 1. The van der Waals surface area contributed by atoms with Crippen molar-refractivity contribution in [2.75, 3.05) is 6.61 Å². The summed E-state index contributed by atoms with van der Waals surface area (Å²) in [5.74, 6) is -3.64. The highest BCUT2D eigenvalue weighted by Gasteiger charge is 2.57. The largest absolute Gasteiger partial charge is 0.479 e. The van der Waals surface area contributed by atoms with E-state index in [1.165, 1.54) is 18.3 Å². The summed E-state index contributed by atoms with van der Waals surface area (Å²) in [5, 5.41) is 42.2. The van der Waals surface area contributed by atoms with Crippen LogP contribution >= 0.6 is 23.2 Å². The Hall–Kier alpha value is -2.86. The Balaban J connectivity index is 1.28. The molecule has 11 N–H and O–H groups in total. The summed E-state index contributed by atoms with van der Waals surface area (Å²) in [6, 6.07) is 2.65. The standard InChI is InChI=1S/C21H27N6O18P3/c22-16(31)8-2-1-3-26(4-8)19-13(30)12(29)15(43-19)21(33)46(34,35)45-48(39,40)41-5-9-11(28)14(44-47(36,37)38)20(42-9)27-7-25-10-17(27)23-6-24-18(10)32/h1-4,6-7,9,11-15,19-21,28-30,33H,5H2,(H6-,22,23,24,31,32,34,35,36,37,38,39,40)/p+1/t9-,11-,12+,13-,14-,15-,19-,20-,21?/m1/s1. The zero-order valence-corrected chi connectivity index (χ0v) is 26.4. The first kappa shape index (κ1) is 36.4. The van der Waals surface area contributed by atoms with Crippen LogP contribution in [-0.4, -0.2) is 115 Å². The maximum absolute atomic E-state index is 12.9. The second kappa shape index (κ2) is 13.5. The molecule has 1 amide bonds. The Kier molecular flexibility index (Phi) is 10.2. The van der Waals surface area contributed by atoms with Gasteiger partial charge in [0.25, 0.3) is 12.1 Å². The van der Waals surface area contributed by atoms with E-state index in [1.54, 1.807) is 0 Å². The molecule has 0 spiro atoms. The number of hydrogen-bond donors (Lipinski definition) is 10. The molecule has 5 rings (SSSR count). The summed E-state index contributed by atoms with van der Waals surface area (Å²) in [4.78, 5) is 72.7. The summed E-state index contributed by atoms with van der Waals surface area (Å²) in [5.41, 5.74) is 4.07. The number of carbonyl (C=O) groups is 1. The van der Waals surface area contributed by atoms with Crippen LogP contribution in [0.3, 0.4) is 0 Å². The molecule has 2 aliphatic heterocycles. The average molecular weight is 745 g/mol. The molecule has 0 aromatic carbocycles. The molecule has 3 aromatic rings. The number of H-pyrrole nitrogens is 1. The molecule has 2 fully saturated rings. The van der Waals surface area contributed by atoms with Crippen LogP contribution in [0.15, 0.2) is 42.0 Å². The minimum Gasteiger partial charge on any atom is -0.387 e. The van der Waals surface area contributed by atoms with Crippen molar-refractivity contribution in [1.29, 1.82) is 0 Å². The number of primary amides is 1. The Morgan fingerprint density at radius 3 is 2.48 bits per heavy atom. The van der Waals surface area contributed by atoms with Gasteiger partial charge in [-0.3, -0.25) is 27.8 Å². The van der Waals surface area contributed by atoms with Gasteiger partial charge in [-0.2, -0.15) is 9.55 Å². The normalized spacial score (nSPS) is 31.0. The number of hydrogen-bond acceptors (Lipinski definition) is 16. The quantitative estimate of drug-likeness (QED) is 0.0627. The Morgan fingerprint density at radius 1 is 1.10 bits per heavy atom. The zero-order chi connectivity index (χ0) is 35.3. The minimum atomic E-state index is -5.71. The second-order valence-corrected chi connectivity index (χ2v) is 15.1. The lowest BCUT2D eigenvalue weighted by molar-refractivity contribution is -0.766. The van der Waals surface area contributed by atoms with Crippen LogP contribution in [0.25, 0.3) is 11.2 Å². The molecule has 264 valence electrons. The highest BCUT2D eigenvalue weighted by molar-refractivity contribution is 7.64. The predicted molar refractivity (Wildman–Crippen MR) is 149 cm³/mol. The summed E-state index contributed by atoms with van der Waals surface area (Å²) in [7, 11) is -16.7. The number of aromatic nitrogens is 5. The smallest absolute Gasteiger partial charge is 0.387 e. The highest BCUT2D eigenvalue weighted by atomic mass is 31.3. The van der Waals surface area contributed by atoms with Crippen molar-refractivity contribution in [3.63, 3.8) is 0 Å². The van der Waals surface area contributed by atoms with Gasteiger partial charge in [-0.15, -0.1) is 0 Å². The van der Waals surface area contributed by atoms with E-state index in [-0.39, 0.29) is 16.7 Å². The first-order valence-electron chi connectivity index (χ1n) is 13.3. The van der Waals surface area contributed by atoms with Gasteiger partial charge >= 0.3 is 28.8 Å². The molecule has 2 aliphatic rings. The van der Waals surface area contributed by atoms with E-state index in [0.717, 1.165) is 28.0 Å². The molecule has 2 saturated heterocycles. The van der Waals surface area contributed by atoms with Crippen molar-refractivity contribution in [1.82, 2.24) is 19.5 Å². The maximum atomic E-state index is 12.9. The maximum Gasteiger partial charge on any atom is 0.479 e. The molecule has 48 heavy (non-hydrogen) atoms. The lowest BCUT2D eigenvalue weighted by atomic mass is 10.1. The minimum absolute atomic E-state index is 0.0470. The van der Waals surface area contributed by atoms with Gasteiger partial charge in [-0.05, 0) is 6.07 Å². The van der Waals surface area contributed by atoms with E-state index < -0.39 is 96.2 Å². The fraction of sp³-hybridized carbons (Fsp3) is 0.476. The number of aliphatic hydroxyl groups excluding tert-OH is 4. The number of fused-ring (bicyclic) bond motifs is 1. The van der Waals surface area contributed by atoms with E-state index in [9.17, 15) is 63.3 Å². The van der Waals surface area contributed by atoms with Gasteiger partial charge in [-0.25, -0.2) is 18.4 Å². The number of nitrogens with two attached hydrogens (primary N) is 1. The van der Waals surface area contributed by atoms with Crippen molar-refractivity contribution < 1.29 is 85.9 Å². The number of amides is 1. The van der Waals surface area contributed by atoms with E-state index in [1.807, 2.05) is 0 Å². The van der Waals surface area contributed by atoms with Gasteiger partial charge in [0.1, 0.15) is 41.7 Å². The molecule has 3 unspecified atom stereocenters. The fourth-order valence-corrected chi connectivity index (χ4v) is 8.22. The lowest BCUT2D eigenvalue weighted by Crippen LogP contribution is -2.46. The number of ether oxygens (including phenoxy) is 2. The van der Waals surface area contributed by atoms with Gasteiger partial charge in [0.2, 0.25) is 0 Å². The monoisotopic (exact) mass is 745 g/mol. The number of imidazole rings is 1. The molecule has 24 nitrogen and oxygen atoms in total. The molecular weight excluding hydrogens is 717 g/mol. The van der Waals surface area contributed by atoms with E-state index in [0.29, 0.717) is 0 Å². The number of phosphoric acid groups is 2. The summed E-state index contributed by atoms with van der Waals surface area (Å²) in [6.07, 6.45) is -10.6. The van der Waals surface area contributed by atoms with Crippen LogP contribution < -0.4 is 15.9 Å². The SMILES string of the molecule is NC(=O)c1ccc[n+]([C@@H]2O[C@@H](C(O)P(=O)(O)OP(=O)(O)OC[C@H]3O[C@@H](n4cnc5c(=O)nc[nH]c54)[C@H](OP(=O)(O)O)[C@@H]3O)[C@@H](O)[C@H]2O)c1. The Labute approximate surface area is 266 Å². The molecule has 3 aromatic heterocycles. The van der Waals surface area contributed by atoms with Gasteiger partial charge in [-0.1, -0.05) is 0 Å². The van der Waals surface area contributed by atoms with Crippen molar-refractivity contribution in [2.24, 2.45) is 5.73 Å². The molecule has 5 heterocycles. The first-order chi connectivity index (χ1) is 22.3. The van der Waals surface area contributed by atoms with Crippen molar-refractivity contribution in [3.05, 3.63) is 53.1 Å². The number of aromatic amines is 1. The number of pyridine rings is 1. The van der Waals surface area contributed by atoms with Crippen LogP contribution in [0.4, 0.5) is 0 Å². The number of carbonyl (C=O) groups excluding carboxylic acids is 1. The van der Waals surface area contributed by atoms with E-state index >= 15 is 0 Å². The molecule has 0 radical (unpaired) electrons. The fourth-order valence-electron chi connectivity index (χ4n) is 4.97. The van der Waals surface area contributed by atoms with Gasteiger partial charge in [0.15, 0.2) is 36.1 Å². The van der Waals surface area contributed by atoms with Crippen LogP contribution in [0.2, 0.25) is 0 Å². The summed E-state index contributed by atoms with van der Waals surface area (Å²) >= 11 is 0. The van der Waals surface area contributed by atoms with Crippen LogP contribution in [0.1, 0.15) is 22.8 Å². The molecule has 0 aliphatic carbocycles. The summed E-state index contributed by atoms with van der Waals surface area (Å²) < 4.78 is 63.8. The third-order valence-electron chi connectivity index (χ3n) is 7.15. The van der Waals surface area contributed by atoms with Crippen molar-refractivity contribution >= 4 is 40.3 Å². The third-order valence-corrected chi connectivity index (χ3v) is 10.9. The Morgan fingerprint density at radius 2 is 1.81 bits per heavy atom. The second-order valence-electron chi connectivity index (χ2n) is 10.4. The number of phosphoric ester groups is 2. The van der Waals surface area contributed by atoms with E-state index in [2.05, 4.69) is 28.3 Å². The van der Waals surface area contributed by atoms with Crippen LogP contribution in [-0.2, 0) is 36.5 Å². The van der Waals surface area contributed by atoms with Gasteiger partial charge < -0.3 is 60.2 Å². The topological polar surface area (TPSA) is 370 Å². The van der Waals surface area contributed by atoms with Crippen molar-refractivity contribution in [3.8, 4) is 0 Å².